The second kappa shape index (κ2) is 7.48. The van der Waals surface area contributed by atoms with Crippen molar-refractivity contribution >= 4 is 34.1 Å². The average molecular weight is 359 g/mol. The maximum atomic E-state index is 12.3. The lowest BCUT2D eigenvalue weighted by Gasteiger charge is -2.16. The molecule has 3 amide bonds. The Balaban J connectivity index is 2.00. The Hall–Kier alpha value is -2.67. The van der Waals surface area contributed by atoms with Gasteiger partial charge in [-0.15, -0.1) is 11.3 Å². The predicted molar refractivity (Wildman–Crippen MR) is 98.5 cm³/mol. The van der Waals surface area contributed by atoms with Crippen molar-refractivity contribution in [3.8, 4) is 0 Å². The van der Waals surface area contributed by atoms with E-state index in [2.05, 4.69) is 16.2 Å². The fourth-order valence-electron chi connectivity index (χ4n) is 1.90. The third-order valence-corrected chi connectivity index (χ3v) is 4.52. The molecule has 0 bridgehead atoms. The standard InChI is InChI=1S/C18H21N3O3S/c1-11-10-13(19-17(24)18(2,3)4)25-14(11)16(23)21-20-15(22)12-8-6-5-7-9-12/h5-10H,1-4H3,(H,19,24)(H,20,22)(H,21,23). The highest BCUT2D eigenvalue weighted by Crippen LogP contribution is 2.28. The molecule has 0 aliphatic rings. The monoisotopic (exact) mass is 359 g/mol. The van der Waals surface area contributed by atoms with Gasteiger partial charge in [0.2, 0.25) is 5.91 Å². The third-order valence-electron chi connectivity index (χ3n) is 3.37. The maximum Gasteiger partial charge on any atom is 0.280 e. The molecule has 25 heavy (non-hydrogen) atoms. The number of thiophene rings is 1. The van der Waals surface area contributed by atoms with Gasteiger partial charge in [-0.2, -0.15) is 0 Å². The smallest absolute Gasteiger partial charge is 0.280 e. The predicted octanol–water partition coefficient (Wildman–Crippen LogP) is 3.12. The molecule has 1 heterocycles. The highest BCUT2D eigenvalue weighted by molar-refractivity contribution is 7.18. The number of aryl methyl sites for hydroxylation is 1. The summed E-state index contributed by atoms with van der Waals surface area (Å²) in [6.45, 7) is 7.22. The van der Waals surface area contributed by atoms with E-state index >= 15 is 0 Å². The van der Waals surface area contributed by atoms with Gasteiger partial charge < -0.3 is 5.32 Å². The molecule has 2 rings (SSSR count). The number of hydrogen-bond acceptors (Lipinski definition) is 4. The minimum Gasteiger partial charge on any atom is -0.317 e. The van der Waals surface area contributed by atoms with E-state index in [1.807, 2.05) is 20.8 Å². The summed E-state index contributed by atoms with van der Waals surface area (Å²) in [4.78, 5) is 36.7. The van der Waals surface area contributed by atoms with E-state index in [-0.39, 0.29) is 5.91 Å². The summed E-state index contributed by atoms with van der Waals surface area (Å²) in [6.07, 6.45) is 0. The molecule has 0 atom stereocenters. The molecule has 0 saturated carbocycles. The van der Waals surface area contributed by atoms with Gasteiger partial charge in [0, 0.05) is 11.0 Å². The number of hydrazine groups is 1. The number of benzene rings is 1. The van der Waals surface area contributed by atoms with Crippen LogP contribution in [0.15, 0.2) is 36.4 Å². The van der Waals surface area contributed by atoms with E-state index in [1.54, 1.807) is 43.3 Å². The van der Waals surface area contributed by atoms with Crippen LogP contribution in [-0.2, 0) is 4.79 Å². The Morgan fingerprint density at radius 2 is 1.56 bits per heavy atom. The van der Waals surface area contributed by atoms with Gasteiger partial charge in [-0.1, -0.05) is 39.0 Å². The van der Waals surface area contributed by atoms with E-state index in [1.165, 1.54) is 0 Å². The van der Waals surface area contributed by atoms with E-state index in [0.717, 1.165) is 16.9 Å². The SMILES string of the molecule is Cc1cc(NC(=O)C(C)(C)C)sc1C(=O)NNC(=O)c1ccccc1. The molecular formula is C18H21N3O3S. The fourth-order valence-corrected chi connectivity index (χ4v) is 2.86. The van der Waals surface area contributed by atoms with Gasteiger partial charge in [0.25, 0.3) is 11.8 Å². The van der Waals surface area contributed by atoms with Crippen LogP contribution in [0.25, 0.3) is 0 Å². The maximum absolute atomic E-state index is 12.3. The number of rotatable bonds is 3. The minimum atomic E-state index is -0.524. The summed E-state index contributed by atoms with van der Waals surface area (Å²) in [5, 5.41) is 3.40. The number of anilines is 1. The van der Waals surface area contributed by atoms with Crippen LogP contribution >= 0.6 is 11.3 Å². The summed E-state index contributed by atoms with van der Waals surface area (Å²) >= 11 is 1.16. The zero-order chi connectivity index (χ0) is 18.6. The third kappa shape index (κ3) is 4.90. The Labute approximate surface area is 150 Å². The molecule has 0 saturated heterocycles. The van der Waals surface area contributed by atoms with Gasteiger partial charge in [-0.3, -0.25) is 25.2 Å². The van der Waals surface area contributed by atoms with Crippen LogP contribution in [0.1, 0.15) is 46.4 Å². The quantitative estimate of drug-likeness (QED) is 0.736. The summed E-state index contributed by atoms with van der Waals surface area (Å²) in [5.74, 6) is -0.953. The number of amides is 3. The first kappa shape index (κ1) is 18.7. The number of nitrogens with one attached hydrogen (secondary N) is 3. The summed E-state index contributed by atoms with van der Waals surface area (Å²) < 4.78 is 0. The van der Waals surface area contributed by atoms with Gasteiger partial charge in [0.05, 0.1) is 9.88 Å². The largest absolute Gasteiger partial charge is 0.317 e. The second-order valence-electron chi connectivity index (χ2n) is 6.60. The van der Waals surface area contributed by atoms with Crippen LogP contribution in [0.3, 0.4) is 0 Å². The molecule has 6 nitrogen and oxygen atoms in total. The minimum absolute atomic E-state index is 0.127. The van der Waals surface area contributed by atoms with E-state index in [4.69, 9.17) is 0 Å². The number of carbonyl (C=O) groups excluding carboxylic acids is 3. The van der Waals surface area contributed by atoms with E-state index < -0.39 is 17.2 Å². The summed E-state index contributed by atoms with van der Waals surface area (Å²) in [7, 11) is 0. The molecule has 2 aromatic rings. The van der Waals surface area contributed by atoms with Crippen molar-refractivity contribution in [1.82, 2.24) is 10.9 Å². The van der Waals surface area contributed by atoms with Crippen LogP contribution in [0.4, 0.5) is 5.00 Å². The number of hydrogen-bond donors (Lipinski definition) is 3. The zero-order valence-electron chi connectivity index (χ0n) is 14.6. The van der Waals surface area contributed by atoms with Crippen molar-refractivity contribution in [2.75, 3.05) is 5.32 Å². The molecule has 1 aromatic carbocycles. The topological polar surface area (TPSA) is 87.3 Å². The second-order valence-corrected chi connectivity index (χ2v) is 7.65. The van der Waals surface area contributed by atoms with Crippen LogP contribution in [0.2, 0.25) is 0 Å². The molecule has 0 aliphatic heterocycles. The molecule has 0 radical (unpaired) electrons. The summed E-state index contributed by atoms with van der Waals surface area (Å²) in [6, 6.07) is 10.3. The average Bonchev–Trinajstić information content (AvgIpc) is 2.92. The Morgan fingerprint density at radius 1 is 0.960 bits per heavy atom. The fraction of sp³-hybridized carbons (Fsp3) is 0.278. The molecule has 3 N–H and O–H groups in total. The lowest BCUT2D eigenvalue weighted by molar-refractivity contribution is -0.123. The van der Waals surface area contributed by atoms with Gasteiger partial charge in [0.1, 0.15) is 0 Å². The van der Waals surface area contributed by atoms with E-state index in [0.29, 0.717) is 15.4 Å². The van der Waals surface area contributed by atoms with E-state index in [9.17, 15) is 14.4 Å². The lowest BCUT2D eigenvalue weighted by Crippen LogP contribution is -2.41. The van der Waals surface area contributed by atoms with Crippen LogP contribution in [-0.4, -0.2) is 17.7 Å². The zero-order valence-corrected chi connectivity index (χ0v) is 15.4. The van der Waals surface area contributed by atoms with Crippen LogP contribution in [0, 0.1) is 12.3 Å². The molecule has 0 unspecified atom stereocenters. The van der Waals surface area contributed by atoms with Crippen molar-refractivity contribution < 1.29 is 14.4 Å². The Bertz CT molecular complexity index is 792. The number of carbonyl (C=O) groups is 3. The van der Waals surface area contributed by atoms with Gasteiger partial charge in [0.15, 0.2) is 0 Å². The normalized spacial score (nSPS) is 10.9. The summed E-state index contributed by atoms with van der Waals surface area (Å²) in [5.41, 5.74) is 5.42. The molecule has 0 fully saturated rings. The van der Waals surface area contributed by atoms with Crippen LogP contribution in [0.5, 0.6) is 0 Å². The first-order chi connectivity index (χ1) is 11.7. The first-order valence-corrected chi connectivity index (χ1v) is 8.58. The highest BCUT2D eigenvalue weighted by atomic mass is 32.1. The lowest BCUT2D eigenvalue weighted by atomic mass is 9.96. The molecule has 1 aromatic heterocycles. The molecule has 132 valence electrons. The van der Waals surface area contributed by atoms with Crippen molar-refractivity contribution in [2.24, 2.45) is 5.41 Å². The van der Waals surface area contributed by atoms with Crippen molar-refractivity contribution in [3.05, 3.63) is 52.4 Å². The van der Waals surface area contributed by atoms with Crippen molar-refractivity contribution in [3.63, 3.8) is 0 Å². The molecule has 0 spiro atoms. The van der Waals surface area contributed by atoms with Gasteiger partial charge in [-0.05, 0) is 30.7 Å². The van der Waals surface area contributed by atoms with Crippen LogP contribution < -0.4 is 16.2 Å². The molecule has 0 aliphatic carbocycles. The van der Waals surface area contributed by atoms with Crippen molar-refractivity contribution in [1.29, 1.82) is 0 Å². The Kier molecular flexibility index (Phi) is 5.58. The van der Waals surface area contributed by atoms with Gasteiger partial charge in [-0.25, -0.2) is 0 Å². The first-order valence-electron chi connectivity index (χ1n) is 7.76. The van der Waals surface area contributed by atoms with Gasteiger partial charge >= 0.3 is 0 Å². The molecular weight excluding hydrogens is 338 g/mol. The highest BCUT2D eigenvalue weighted by Gasteiger charge is 2.23. The molecule has 7 heteroatoms. The Morgan fingerprint density at radius 3 is 2.16 bits per heavy atom. The van der Waals surface area contributed by atoms with Crippen molar-refractivity contribution in [2.45, 2.75) is 27.7 Å².